The van der Waals surface area contributed by atoms with Gasteiger partial charge in [0.2, 0.25) is 0 Å². The number of alkyl halides is 2. The SMILES string of the molecule is CC(C)CNCc1cn(Cc2nccn2C(F)F)cn1. The molecule has 7 heteroatoms. The lowest BCUT2D eigenvalue weighted by Crippen LogP contribution is -2.19. The number of nitrogens with one attached hydrogen (secondary N) is 1. The fourth-order valence-electron chi connectivity index (χ4n) is 1.88. The lowest BCUT2D eigenvalue weighted by Gasteiger charge is -2.06. The Morgan fingerprint density at radius 3 is 2.80 bits per heavy atom. The van der Waals surface area contributed by atoms with Crippen LogP contribution in [0.4, 0.5) is 8.78 Å². The Labute approximate surface area is 116 Å². The molecule has 110 valence electrons. The Balaban J connectivity index is 1.94. The zero-order valence-electron chi connectivity index (χ0n) is 11.6. The molecule has 2 rings (SSSR count). The summed E-state index contributed by atoms with van der Waals surface area (Å²) in [5, 5.41) is 3.29. The molecule has 0 aliphatic carbocycles. The minimum atomic E-state index is -2.57. The van der Waals surface area contributed by atoms with E-state index < -0.39 is 6.55 Å². The zero-order chi connectivity index (χ0) is 14.5. The van der Waals surface area contributed by atoms with E-state index >= 15 is 0 Å². The number of hydrogen-bond donors (Lipinski definition) is 1. The van der Waals surface area contributed by atoms with E-state index in [1.54, 1.807) is 10.9 Å². The lowest BCUT2D eigenvalue weighted by atomic mass is 10.2. The van der Waals surface area contributed by atoms with Gasteiger partial charge in [-0.15, -0.1) is 0 Å². The van der Waals surface area contributed by atoms with Gasteiger partial charge in [-0.3, -0.25) is 4.57 Å². The van der Waals surface area contributed by atoms with Gasteiger partial charge in [-0.2, -0.15) is 8.78 Å². The summed E-state index contributed by atoms with van der Waals surface area (Å²) in [4.78, 5) is 8.19. The molecule has 20 heavy (non-hydrogen) atoms. The van der Waals surface area contributed by atoms with Gasteiger partial charge in [-0.05, 0) is 12.5 Å². The van der Waals surface area contributed by atoms with Crippen LogP contribution in [0.5, 0.6) is 0 Å². The molecule has 0 spiro atoms. The van der Waals surface area contributed by atoms with E-state index in [9.17, 15) is 8.78 Å². The predicted molar refractivity (Wildman–Crippen MR) is 71.4 cm³/mol. The summed E-state index contributed by atoms with van der Waals surface area (Å²) in [6.45, 7) is 3.58. The third-order valence-electron chi connectivity index (χ3n) is 2.83. The maximum absolute atomic E-state index is 12.7. The molecule has 0 aliphatic heterocycles. The molecule has 0 unspecified atom stereocenters. The van der Waals surface area contributed by atoms with Crippen LogP contribution in [0.25, 0.3) is 0 Å². The highest BCUT2D eigenvalue weighted by Crippen LogP contribution is 2.13. The van der Waals surface area contributed by atoms with E-state index in [1.165, 1.54) is 12.4 Å². The molecule has 0 atom stereocenters. The Morgan fingerprint density at radius 2 is 2.10 bits per heavy atom. The van der Waals surface area contributed by atoms with Gasteiger partial charge in [0.05, 0.1) is 18.6 Å². The fourth-order valence-corrected chi connectivity index (χ4v) is 1.88. The number of aromatic nitrogens is 4. The van der Waals surface area contributed by atoms with E-state index in [4.69, 9.17) is 0 Å². The van der Waals surface area contributed by atoms with Gasteiger partial charge in [0.1, 0.15) is 5.82 Å². The third kappa shape index (κ3) is 3.86. The standard InChI is InChI=1S/C13H19F2N5/c1-10(2)5-16-6-11-7-19(9-18-11)8-12-17-3-4-20(12)13(14)15/h3-4,7,9-10,13,16H,5-6,8H2,1-2H3. The first kappa shape index (κ1) is 14.6. The normalized spacial score (nSPS) is 11.7. The van der Waals surface area contributed by atoms with Crippen LogP contribution in [0.15, 0.2) is 24.9 Å². The maximum Gasteiger partial charge on any atom is 0.319 e. The second-order valence-corrected chi connectivity index (χ2v) is 5.09. The Kier molecular flexibility index (Phi) is 4.84. The second kappa shape index (κ2) is 6.60. The average molecular weight is 283 g/mol. The molecule has 2 aromatic heterocycles. The van der Waals surface area contributed by atoms with Gasteiger partial charge >= 0.3 is 6.55 Å². The Bertz CT molecular complexity index is 532. The molecule has 0 bridgehead atoms. The largest absolute Gasteiger partial charge is 0.330 e. The Morgan fingerprint density at radius 1 is 1.30 bits per heavy atom. The van der Waals surface area contributed by atoms with Crippen molar-refractivity contribution in [3.05, 3.63) is 36.4 Å². The van der Waals surface area contributed by atoms with Gasteiger partial charge in [0.25, 0.3) is 0 Å². The fraction of sp³-hybridized carbons (Fsp3) is 0.538. The van der Waals surface area contributed by atoms with Crippen molar-refractivity contribution in [2.24, 2.45) is 5.92 Å². The van der Waals surface area contributed by atoms with E-state index in [-0.39, 0.29) is 6.54 Å². The molecule has 0 saturated carbocycles. The molecule has 0 aliphatic rings. The minimum Gasteiger partial charge on any atom is -0.330 e. The van der Waals surface area contributed by atoms with E-state index in [0.29, 0.717) is 18.3 Å². The van der Waals surface area contributed by atoms with Crippen molar-refractivity contribution in [2.45, 2.75) is 33.5 Å². The average Bonchev–Trinajstić information content (AvgIpc) is 2.99. The Hall–Kier alpha value is -1.76. The number of rotatable bonds is 7. The van der Waals surface area contributed by atoms with Crippen LogP contribution >= 0.6 is 0 Å². The quantitative estimate of drug-likeness (QED) is 0.848. The highest BCUT2D eigenvalue weighted by Gasteiger charge is 2.11. The van der Waals surface area contributed by atoms with Gasteiger partial charge in [-0.25, -0.2) is 9.97 Å². The third-order valence-corrected chi connectivity index (χ3v) is 2.83. The molecular weight excluding hydrogens is 264 g/mol. The lowest BCUT2D eigenvalue weighted by molar-refractivity contribution is 0.0667. The van der Waals surface area contributed by atoms with Crippen molar-refractivity contribution in [2.75, 3.05) is 6.54 Å². The van der Waals surface area contributed by atoms with Gasteiger partial charge in [-0.1, -0.05) is 13.8 Å². The summed E-state index contributed by atoms with van der Waals surface area (Å²) in [6.07, 6.45) is 6.14. The number of nitrogens with zero attached hydrogens (tertiary/aromatic N) is 4. The minimum absolute atomic E-state index is 0.286. The second-order valence-electron chi connectivity index (χ2n) is 5.09. The number of imidazole rings is 2. The number of hydrogen-bond acceptors (Lipinski definition) is 3. The molecular formula is C13H19F2N5. The molecule has 2 aromatic rings. The topological polar surface area (TPSA) is 47.7 Å². The summed E-state index contributed by atoms with van der Waals surface area (Å²) in [7, 11) is 0. The van der Waals surface area contributed by atoms with Crippen LogP contribution in [0.3, 0.4) is 0 Å². The van der Waals surface area contributed by atoms with E-state index in [2.05, 4.69) is 29.1 Å². The van der Waals surface area contributed by atoms with Crippen molar-refractivity contribution in [1.82, 2.24) is 24.4 Å². The van der Waals surface area contributed by atoms with Crippen molar-refractivity contribution in [3.8, 4) is 0 Å². The summed E-state index contributed by atoms with van der Waals surface area (Å²) in [6, 6.07) is 0. The highest BCUT2D eigenvalue weighted by atomic mass is 19.3. The first-order valence-corrected chi connectivity index (χ1v) is 6.57. The highest BCUT2D eigenvalue weighted by molar-refractivity contribution is 5.00. The molecule has 1 N–H and O–H groups in total. The molecule has 2 heterocycles. The summed E-state index contributed by atoms with van der Waals surface area (Å²) in [5.41, 5.74) is 0.890. The van der Waals surface area contributed by atoms with Crippen molar-refractivity contribution in [3.63, 3.8) is 0 Å². The molecule has 5 nitrogen and oxygen atoms in total. The molecule has 0 amide bonds. The van der Waals surface area contributed by atoms with Crippen molar-refractivity contribution >= 4 is 0 Å². The summed E-state index contributed by atoms with van der Waals surface area (Å²) >= 11 is 0. The predicted octanol–water partition coefficient (Wildman–Crippen LogP) is 2.27. The van der Waals surface area contributed by atoms with Crippen LogP contribution in [0.2, 0.25) is 0 Å². The molecule has 0 radical (unpaired) electrons. The van der Waals surface area contributed by atoms with E-state index in [1.807, 2.05) is 6.20 Å². The van der Waals surface area contributed by atoms with Gasteiger partial charge in [0.15, 0.2) is 0 Å². The van der Waals surface area contributed by atoms with Crippen LogP contribution < -0.4 is 5.32 Å². The molecule has 0 fully saturated rings. The van der Waals surface area contributed by atoms with Crippen LogP contribution in [-0.2, 0) is 13.1 Å². The summed E-state index contributed by atoms with van der Waals surface area (Å²) in [5.74, 6) is 0.898. The van der Waals surface area contributed by atoms with Crippen LogP contribution in [-0.4, -0.2) is 25.6 Å². The van der Waals surface area contributed by atoms with Crippen LogP contribution in [0.1, 0.15) is 31.9 Å². The first-order valence-electron chi connectivity index (χ1n) is 6.57. The van der Waals surface area contributed by atoms with Gasteiger partial charge < -0.3 is 9.88 Å². The van der Waals surface area contributed by atoms with E-state index in [0.717, 1.165) is 16.8 Å². The first-order chi connectivity index (χ1) is 9.56. The smallest absolute Gasteiger partial charge is 0.319 e. The van der Waals surface area contributed by atoms with Gasteiger partial charge in [0, 0.05) is 25.1 Å². The number of halogens is 2. The summed E-state index contributed by atoms with van der Waals surface area (Å²) < 4.78 is 28.0. The molecule has 0 saturated heterocycles. The van der Waals surface area contributed by atoms with Crippen molar-refractivity contribution in [1.29, 1.82) is 0 Å². The maximum atomic E-state index is 12.7. The van der Waals surface area contributed by atoms with Crippen LogP contribution in [0, 0.1) is 5.92 Å². The monoisotopic (exact) mass is 283 g/mol. The molecule has 0 aromatic carbocycles. The zero-order valence-corrected chi connectivity index (χ0v) is 11.6. The van der Waals surface area contributed by atoms with Crippen molar-refractivity contribution < 1.29 is 8.78 Å².